The molecule has 2 amide bonds. The van der Waals surface area contributed by atoms with Gasteiger partial charge in [-0.2, -0.15) is 0 Å². The molecule has 27 heavy (non-hydrogen) atoms. The first-order valence-electron chi connectivity index (χ1n) is 9.44. The van der Waals surface area contributed by atoms with E-state index in [1.54, 1.807) is 4.90 Å². The van der Waals surface area contributed by atoms with Gasteiger partial charge in [0.2, 0.25) is 11.8 Å². The van der Waals surface area contributed by atoms with Crippen molar-refractivity contribution < 1.29 is 14.3 Å². The summed E-state index contributed by atoms with van der Waals surface area (Å²) >= 11 is 0. The molecule has 0 aromatic heterocycles. The minimum absolute atomic E-state index is 0.0181. The van der Waals surface area contributed by atoms with Crippen LogP contribution in [-0.4, -0.2) is 31.5 Å². The van der Waals surface area contributed by atoms with E-state index < -0.39 is 0 Å². The van der Waals surface area contributed by atoms with Gasteiger partial charge in [-0.3, -0.25) is 9.59 Å². The van der Waals surface area contributed by atoms with Crippen LogP contribution in [0.15, 0.2) is 54.6 Å². The molecule has 2 atom stereocenters. The number of ether oxygens (including phenoxy) is 1. The van der Waals surface area contributed by atoms with Gasteiger partial charge in [-0.25, -0.2) is 0 Å². The number of carbonyl (C=O) groups excluding carboxylic acids is 2. The Kier molecular flexibility index (Phi) is 6.12. The molecule has 1 aliphatic rings. The lowest BCUT2D eigenvalue weighted by Gasteiger charge is -2.18. The molecule has 2 aromatic rings. The highest BCUT2D eigenvalue weighted by molar-refractivity contribution is 6.00. The Morgan fingerprint density at radius 1 is 1.19 bits per heavy atom. The topological polar surface area (TPSA) is 58.6 Å². The molecular weight excluding hydrogens is 340 g/mol. The highest BCUT2D eigenvalue weighted by atomic mass is 16.5. The quantitative estimate of drug-likeness (QED) is 0.817. The Balaban J connectivity index is 1.55. The third-order valence-electron chi connectivity index (χ3n) is 4.91. The number of hydrogen-bond acceptors (Lipinski definition) is 3. The third-order valence-corrected chi connectivity index (χ3v) is 4.91. The summed E-state index contributed by atoms with van der Waals surface area (Å²) in [5.41, 5.74) is 1.99. The first kappa shape index (κ1) is 19.0. The van der Waals surface area contributed by atoms with E-state index in [-0.39, 0.29) is 30.1 Å². The summed E-state index contributed by atoms with van der Waals surface area (Å²) in [7, 11) is 0. The van der Waals surface area contributed by atoms with Crippen LogP contribution in [0.3, 0.4) is 0 Å². The molecule has 0 saturated carbocycles. The van der Waals surface area contributed by atoms with E-state index in [1.807, 2.05) is 49.4 Å². The molecule has 1 aliphatic heterocycles. The van der Waals surface area contributed by atoms with E-state index in [9.17, 15) is 9.59 Å². The number of rotatable bonds is 7. The van der Waals surface area contributed by atoms with Crippen LogP contribution < -0.4 is 15.0 Å². The number of nitrogens with one attached hydrogen (secondary N) is 1. The summed E-state index contributed by atoms with van der Waals surface area (Å²) in [6.07, 6.45) is 0.249. The first-order valence-corrected chi connectivity index (χ1v) is 9.44. The molecule has 1 fully saturated rings. The van der Waals surface area contributed by atoms with E-state index in [4.69, 9.17) is 4.74 Å². The molecule has 0 unspecified atom stereocenters. The summed E-state index contributed by atoms with van der Waals surface area (Å²) in [6.45, 7) is 5.60. The fraction of sp³-hybridized carbons (Fsp3) is 0.364. The van der Waals surface area contributed by atoms with Gasteiger partial charge >= 0.3 is 0 Å². The van der Waals surface area contributed by atoms with Crippen molar-refractivity contribution in [2.24, 2.45) is 5.92 Å². The average molecular weight is 366 g/mol. The lowest BCUT2D eigenvalue weighted by atomic mass is 10.0. The number of anilines is 1. The van der Waals surface area contributed by atoms with Crippen molar-refractivity contribution in [2.75, 3.05) is 24.6 Å². The molecule has 2 aromatic carbocycles. The summed E-state index contributed by atoms with van der Waals surface area (Å²) in [4.78, 5) is 26.6. The maximum Gasteiger partial charge on any atom is 0.227 e. The van der Waals surface area contributed by atoms with Crippen molar-refractivity contribution >= 4 is 17.5 Å². The number of carbonyl (C=O) groups is 2. The van der Waals surface area contributed by atoms with Crippen molar-refractivity contribution in [1.29, 1.82) is 0 Å². The zero-order valence-corrected chi connectivity index (χ0v) is 15.9. The zero-order chi connectivity index (χ0) is 19.2. The SMILES string of the molecule is CCOc1ccc(N2C[C@H](C(=O)NC[C@@H](C)c3ccccc3)CC2=O)cc1. The summed E-state index contributed by atoms with van der Waals surface area (Å²) in [6, 6.07) is 17.5. The second-order valence-electron chi connectivity index (χ2n) is 6.89. The molecule has 0 aliphatic carbocycles. The maximum atomic E-state index is 12.5. The molecule has 142 valence electrons. The Labute approximate surface area is 160 Å². The Bertz CT molecular complexity index is 774. The van der Waals surface area contributed by atoms with Crippen molar-refractivity contribution in [2.45, 2.75) is 26.2 Å². The molecule has 5 nitrogen and oxygen atoms in total. The number of nitrogens with zero attached hydrogens (tertiary/aromatic N) is 1. The number of benzene rings is 2. The molecule has 1 heterocycles. The van der Waals surface area contributed by atoms with Gasteiger partial charge in [-0.15, -0.1) is 0 Å². The van der Waals surface area contributed by atoms with Crippen LogP contribution in [0.2, 0.25) is 0 Å². The van der Waals surface area contributed by atoms with Crippen molar-refractivity contribution in [3.63, 3.8) is 0 Å². The third kappa shape index (κ3) is 4.67. The molecular formula is C22H26N2O3. The van der Waals surface area contributed by atoms with Gasteiger partial charge in [0, 0.05) is 25.2 Å². The Morgan fingerprint density at radius 3 is 2.56 bits per heavy atom. The second kappa shape index (κ2) is 8.71. The van der Waals surface area contributed by atoms with Crippen molar-refractivity contribution in [1.82, 2.24) is 5.32 Å². The van der Waals surface area contributed by atoms with E-state index in [1.165, 1.54) is 5.56 Å². The normalized spacial score (nSPS) is 17.6. The molecule has 0 radical (unpaired) electrons. The Hall–Kier alpha value is -2.82. The van der Waals surface area contributed by atoms with Crippen LogP contribution in [0.5, 0.6) is 5.75 Å². The summed E-state index contributed by atoms with van der Waals surface area (Å²) in [5, 5.41) is 3.00. The predicted molar refractivity (Wildman–Crippen MR) is 106 cm³/mol. The van der Waals surface area contributed by atoms with E-state index in [2.05, 4.69) is 24.4 Å². The maximum absolute atomic E-state index is 12.5. The fourth-order valence-corrected chi connectivity index (χ4v) is 3.32. The summed E-state index contributed by atoms with van der Waals surface area (Å²) in [5.74, 6) is 0.619. The van der Waals surface area contributed by atoms with Crippen LogP contribution in [0, 0.1) is 5.92 Å². The first-order chi connectivity index (χ1) is 13.1. The largest absolute Gasteiger partial charge is 0.494 e. The molecule has 0 spiro atoms. The van der Waals surface area contributed by atoms with Crippen LogP contribution in [0.4, 0.5) is 5.69 Å². The minimum atomic E-state index is -0.313. The highest BCUT2D eigenvalue weighted by Gasteiger charge is 2.35. The van der Waals surface area contributed by atoms with Crippen LogP contribution in [-0.2, 0) is 9.59 Å². The van der Waals surface area contributed by atoms with Gasteiger partial charge in [0.1, 0.15) is 5.75 Å². The van der Waals surface area contributed by atoms with Crippen LogP contribution >= 0.6 is 0 Å². The molecule has 3 rings (SSSR count). The lowest BCUT2D eigenvalue weighted by Crippen LogP contribution is -2.35. The van der Waals surface area contributed by atoms with Gasteiger partial charge in [-0.1, -0.05) is 37.3 Å². The standard InChI is InChI=1S/C22H26N2O3/c1-3-27-20-11-9-19(10-12-20)24-15-18(13-21(24)25)22(26)23-14-16(2)17-7-5-4-6-8-17/h4-12,16,18H,3,13-15H2,1-2H3,(H,23,26)/t16-,18-/m1/s1. The molecule has 0 bridgehead atoms. The van der Waals surface area contributed by atoms with E-state index in [0.717, 1.165) is 11.4 Å². The van der Waals surface area contributed by atoms with Gasteiger partial charge < -0.3 is 15.0 Å². The van der Waals surface area contributed by atoms with Gasteiger partial charge in [0.05, 0.1) is 12.5 Å². The van der Waals surface area contributed by atoms with Crippen molar-refractivity contribution in [3.8, 4) is 5.75 Å². The van der Waals surface area contributed by atoms with Crippen molar-refractivity contribution in [3.05, 3.63) is 60.2 Å². The van der Waals surface area contributed by atoms with Gasteiger partial charge in [0.25, 0.3) is 0 Å². The van der Waals surface area contributed by atoms with E-state index >= 15 is 0 Å². The van der Waals surface area contributed by atoms with E-state index in [0.29, 0.717) is 19.7 Å². The molecule has 1 N–H and O–H groups in total. The minimum Gasteiger partial charge on any atom is -0.494 e. The van der Waals surface area contributed by atoms with Crippen LogP contribution in [0.25, 0.3) is 0 Å². The fourth-order valence-electron chi connectivity index (χ4n) is 3.32. The summed E-state index contributed by atoms with van der Waals surface area (Å²) < 4.78 is 5.43. The molecule has 1 saturated heterocycles. The lowest BCUT2D eigenvalue weighted by molar-refractivity contribution is -0.126. The Morgan fingerprint density at radius 2 is 1.89 bits per heavy atom. The molecule has 5 heteroatoms. The monoisotopic (exact) mass is 366 g/mol. The van der Waals surface area contributed by atoms with Gasteiger partial charge in [0.15, 0.2) is 0 Å². The predicted octanol–water partition coefficient (Wildman–Crippen LogP) is 3.36. The number of amides is 2. The number of hydrogen-bond donors (Lipinski definition) is 1. The average Bonchev–Trinajstić information content (AvgIpc) is 3.09. The van der Waals surface area contributed by atoms with Gasteiger partial charge in [-0.05, 0) is 42.7 Å². The van der Waals surface area contributed by atoms with Crippen LogP contribution in [0.1, 0.15) is 31.7 Å². The highest BCUT2D eigenvalue weighted by Crippen LogP contribution is 2.27. The smallest absolute Gasteiger partial charge is 0.227 e. The second-order valence-corrected chi connectivity index (χ2v) is 6.89. The zero-order valence-electron chi connectivity index (χ0n) is 15.9.